The van der Waals surface area contributed by atoms with Gasteiger partial charge in [-0.15, -0.1) is 0 Å². The number of hydrogen-bond donors (Lipinski definition) is 2. The molecule has 1 atom stereocenters. The van der Waals surface area contributed by atoms with Crippen LogP contribution in [0.4, 0.5) is 0 Å². The van der Waals surface area contributed by atoms with Crippen molar-refractivity contribution in [3.8, 4) is 0 Å². The molecule has 154 valence electrons. The Kier molecular flexibility index (Phi) is 7.68. The summed E-state index contributed by atoms with van der Waals surface area (Å²) in [4.78, 5) is 40.0. The van der Waals surface area contributed by atoms with Crippen LogP contribution in [0.25, 0.3) is 0 Å². The van der Waals surface area contributed by atoms with Gasteiger partial charge in [0.1, 0.15) is 11.6 Å². The van der Waals surface area contributed by atoms with Gasteiger partial charge in [-0.2, -0.15) is 0 Å². The van der Waals surface area contributed by atoms with Crippen molar-refractivity contribution in [2.45, 2.75) is 109 Å². The molecule has 6 heteroatoms. The second-order valence-corrected chi connectivity index (χ2v) is 8.84. The van der Waals surface area contributed by atoms with Crippen molar-refractivity contribution in [1.82, 2.24) is 10.2 Å². The van der Waals surface area contributed by atoms with Gasteiger partial charge in [-0.1, -0.05) is 52.4 Å². The predicted octanol–water partition coefficient (Wildman–Crippen LogP) is 2.89. The Morgan fingerprint density at radius 3 is 2.07 bits per heavy atom. The average Bonchev–Trinajstić information content (AvgIpc) is 2.62. The molecule has 3 amide bonds. The van der Waals surface area contributed by atoms with E-state index in [-0.39, 0.29) is 29.7 Å². The number of carbonyl (C=O) groups is 3. The van der Waals surface area contributed by atoms with Crippen molar-refractivity contribution in [2.75, 3.05) is 0 Å². The van der Waals surface area contributed by atoms with Gasteiger partial charge in [0.15, 0.2) is 0 Å². The number of nitrogens with zero attached hydrogens (tertiary/aromatic N) is 1. The van der Waals surface area contributed by atoms with E-state index in [0.717, 1.165) is 44.9 Å². The van der Waals surface area contributed by atoms with Gasteiger partial charge in [0, 0.05) is 13.0 Å². The highest BCUT2D eigenvalue weighted by molar-refractivity contribution is 5.94. The zero-order chi connectivity index (χ0) is 20.0. The number of hydrogen-bond acceptors (Lipinski definition) is 3. The van der Waals surface area contributed by atoms with Gasteiger partial charge < -0.3 is 16.0 Å². The molecule has 27 heavy (non-hydrogen) atoms. The molecule has 2 aliphatic rings. The molecule has 0 aliphatic heterocycles. The summed E-state index contributed by atoms with van der Waals surface area (Å²) in [5, 5.41) is 2.84. The first-order valence-electron chi connectivity index (χ1n) is 10.7. The normalized spacial score (nSPS) is 21.5. The molecule has 1 unspecified atom stereocenters. The third-order valence-corrected chi connectivity index (χ3v) is 6.16. The number of amides is 3. The fourth-order valence-electron chi connectivity index (χ4n) is 4.93. The van der Waals surface area contributed by atoms with Crippen LogP contribution in [0.5, 0.6) is 0 Å². The molecule has 0 aromatic heterocycles. The van der Waals surface area contributed by atoms with Gasteiger partial charge >= 0.3 is 0 Å². The number of nitrogens with one attached hydrogen (secondary N) is 1. The van der Waals surface area contributed by atoms with Crippen LogP contribution in [0.1, 0.15) is 91.4 Å². The van der Waals surface area contributed by atoms with Crippen LogP contribution in [-0.2, 0) is 14.4 Å². The van der Waals surface area contributed by atoms with Crippen LogP contribution >= 0.6 is 0 Å². The zero-order valence-electron chi connectivity index (χ0n) is 17.3. The highest BCUT2D eigenvalue weighted by Crippen LogP contribution is 2.39. The fourth-order valence-corrected chi connectivity index (χ4v) is 4.93. The second kappa shape index (κ2) is 9.56. The molecular weight excluding hydrogens is 342 g/mol. The van der Waals surface area contributed by atoms with E-state index in [1.165, 1.54) is 13.3 Å². The van der Waals surface area contributed by atoms with E-state index in [0.29, 0.717) is 19.3 Å². The zero-order valence-corrected chi connectivity index (χ0v) is 17.3. The maximum atomic E-state index is 13.7. The molecule has 2 fully saturated rings. The van der Waals surface area contributed by atoms with E-state index in [4.69, 9.17) is 5.73 Å². The minimum atomic E-state index is -0.898. The third-order valence-electron chi connectivity index (χ3n) is 6.16. The van der Waals surface area contributed by atoms with Crippen LogP contribution in [-0.4, -0.2) is 40.2 Å². The molecule has 0 aromatic carbocycles. The van der Waals surface area contributed by atoms with Crippen molar-refractivity contribution in [3.63, 3.8) is 0 Å². The summed E-state index contributed by atoms with van der Waals surface area (Å²) in [6, 6.07) is -0.553. The smallest absolute Gasteiger partial charge is 0.246 e. The van der Waals surface area contributed by atoms with Crippen LogP contribution in [0.3, 0.4) is 0 Å². The molecular formula is C21H37N3O3. The minimum absolute atomic E-state index is 0.0419. The van der Waals surface area contributed by atoms with Crippen molar-refractivity contribution in [1.29, 1.82) is 0 Å². The molecule has 2 aliphatic carbocycles. The van der Waals surface area contributed by atoms with Crippen LogP contribution < -0.4 is 11.1 Å². The maximum Gasteiger partial charge on any atom is 0.246 e. The lowest BCUT2D eigenvalue weighted by Gasteiger charge is -2.50. The summed E-state index contributed by atoms with van der Waals surface area (Å²) < 4.78 is 0. The molecule has 0 bridgehead atoms. The van der Waals surface area contributed by atoms with E-state index in [1.54, 1.807) is 0 Å². The Hall–Kier alpha value is -1.59. The molecule has 0 aromatic rings. The molecule has 0 radical (unpaired) electrons. The van der Waals surface area contributed by atoms with E-state index in [9.17, 15) is 14.4 Å². The number of primary amides is 1. The number of carbonyl (C=O) groups excluding carboxylic acids is 3. The van der Waals surface area contributed by atoms with Gasteiger partial charge in [-0.3, -0.25) is 14.4 Å². The van der Waals surface area contributed by atoms with E-state index in [2.05, 4.69) is 5.32 Å². The summed E-state index contributed by atoms with van der Waals surface area (Å²) in [6.07, 6.45) is 9.87. The van der Waals surface area contributed by atoms with Crippen molar-refractivity contribution < 1.29 is 14.4 Å². The molecule has 6 nitrogen and oxygen atoms in total. The highest BCUT2D eigenvalue weighted by atomic mass is 16.2. The topological polar surface area (TPSA) is 92.5 Å². The van der Waals surface area contributed by atoms with Crippen molar-refractivity contribution >= 4 is 17.7 Å². The molecule has 0 heterocycles. The van der Waals surface area contributed by atoms with Crippen LogP contribution in [0.15, 0.2) is 0 Å². The summed E-state index contributed by atoms with van der Waals surface area (Å²) >= 11 is 0. The van der Waals surface area contributed by atoms with Gasteiger partial charge in [0.2, 0.25) is 17.7 Å². The van der Waals surface area contributed by atoms with E-state index in [1.807, 2.05) is 18.7 Å². The Balaban J connectivity index is 2.41. The maximum absolute atomic E-state index is 13.7. The lowest BCUT2D eigenvalue weighted by molar-refractivity contribution is -0.156. The highest BCUT2D eigenvalue weighted by Gasteiger charge is 2.49. The summed E-state index contributed by atoms with van der Waals surface area (Å²) in [5.41, 5.74) is 5.03. The first-order chi connectivity index (χ1) is 12.8. The SMILES string of the molecule is CC(=O)NC(CC(C)C)C(=O)N(C1CCCCC1)C1(C(N)=O)CCCCC1. The lowest BCUT2D eigenvalue weighted by Crippen LogP contribution is -2.67. The Morgan fingerprint density at radius 2 is 1.59 bits per heavy atom. The minimum Gasteiger partial charge on any atom is -0.368 e. The fraction of sp³-hybridized carbons (Fsp3) is 0.857. The predicted molar refractivity (Wildman–Crippen MR) is 106 cm³/mol. The van der Waals surface area contributed by atoms with Gasteiger partial charge in [-0.25, -0.2) is 0 Å². The molecule has 0 saturated heterocycles. The molecule has 2 saturated carbocycles. The van der Waals surface area contributed by atoms with Crippen LogP contribution in [0.2, 0.25) is 0 Å². The third kappa shape index (κ3) is 5.23. The van der Waals surface area contributed by atoms with E-state index >= 15 is 0 Å². The largest absolute Gasteiger partial charge is 0.368 e. The quantitative estimate of drug-likeness (QED) is 0.712. The first-order valence-corrected chi connectivity index (χ1v) is 10.7. The number of rotatable bonds is 7. The lowest BCUT2D eigenvalue weighted by atomic mass is 9.76. The molecule has 3 N–H and O–H groups in total. The van der Waals surface area contributed by atoms with Gasteiger partial charge in [-0.05, 0) is 38.0 Å². The summed E-state index contributed by atoms with van der Waals surface area (Å²) in [7, 11) is 0. The Labute approximate surface area is 163 Å². The average molecular weight is 380 g/mol. The monoisotopic (exact) mass is 379 g/mol. The Bertz CT molecular complexity index is 535. The van der Waals surface area contributed by atoms with E-state index < -0.39 is 11.6 Å². The first kappa shape index (κ1) is 21.7. The van der Waals surface area contributed by atoms with Gasteiger partial charge in [0.25, 0.3) is 0 Å². The summed E-state index contributed by atoms with van der Waals surface area (Å²) in [5.74, 6) is -0.456. The Morgan fingerprint density at radius 1 is 1.04 bits per heavy atom. The van der Waals surface area contributed by atoms with Crippen LogP contribution in [0, 0.1) is 5.92 Å². The number of nitrogens with two attached hydrogens (primary N) is 1. The molecule has 0 spiro atoms. The van der Waals surface area contributed by atoms with Crippen molar-refractivity contribution in [3.05, 3.63) is 0 Å². The van der Waals surface area contributed by atoms with Gasteiger partial charge in [0.05, 0.1) is 0 Å². The van der Waals surface area contributed by atoms with Crippen molar-refractivity contribution in [2.24, 2.45) is 11.7 Å². The second-order valence-electron chi connectivity index (χ2n) is 8.84. The standard InChI is InChI=1S/C21H37N3O3/c1-15(2)14-18(23-16(3)25)19(26)24(17-10-6-4-7-11-17)21(20(22)27)12-8-5-9-13-21/h15,17-18H,4-14H2,1-3H3,(H2,22,27)(H,23,25). The molecule has 2 rings (SSSR count). The summed E-state index contributed by atoms with van der Waals surface area (Å²) in [6.45, 7) is 5.52.